The van der Waals surface area contributed by atoms with Gasteiger partial charge in [0.15, 0.2) is 5.11 Å². The van der Waals surface area contributed by atoms with E-state index in [1.807, 2.05) is 6.07 Å². The third kappa shape index (κ3) is 2.83. The summed E-state index contributed by atoms with van der Waals surface area (Å²) in [6, 6.07) is 5.40. The third-order valence-electron chi connectivity index (χ3n) is 2.79. The van der Waals surface area contributed by atoms with Crippen LogP contribution in [0, 0.1) is 3.57 Å². The predicted octanol–water partition coefficient (Wildman–Crippen LogP) is 1.56. The maximum atomic E-state index is 12.0. The number of carbonyl (C=O) groups is 2. The van der Waals surface area contributed by atoms with Crippen molar-refractivity contribution in [2.45, 2.75) is 0 Å². The van der Waals surface area contributed by atoms with Gasteiger partial charge in [0.2, 0.25) is 0 Å². The number of rotatable bonds is 2. The topological polar surface area (TPSA) is 58.6 Å². The van der Waals surface area contributed by atoms with E-state index in [1.165, 1.54) is 18.0 Å². The Kier molecular flexibility index (Phi) is 4.39. The van der Waals surface area contributed by atoms with E-state index in [-0.39, 0.29) is 10.7 Å². The number of nitrogens with one attached hydrogen (secondary N) is 1. The highest BCUT2D eigenvalue weighted by molar-refractivity contribution is 14.1. The molecule has 2 amide bonds. The minimum absolute atomic E-state index is 0.0575. The molecule has 1 aromatic rings. The molecule has 7 heteroatoms. The van der Waals surface area contributed by atoms with Gasteiger partial charge in [0.1, 0.15) is 11.3 Å². The van der Waals surface area contributed by atoms with Crippen LogP contribution in [0.1, 0.15) is 5.56 Å². The number of carbonyl (C=O) groups excluding carboxylic acids is 2. The number of nitrogens with zero attached hydrogens (tertiary/aromatic N) is 1. The van der Waals surface area contributed by atoms with Crippen molar-refractivity contribution in [3.8, 4) is 5.75 Å². The zero-order valence-electron chi connectivity index (χ0n) is 10.8. The zero-order valence-corrected chi connectivity index (χ0v) is 13.7. The Morgan fingerprint density at radius 3 is 2.70 bits per heavy atom. The van der Waals surface area contributed by atoms with Crippen LogP contribution in [-0.2, 0) is 9.59 Å². The maximum Gasteiger partial charge on any atom is 0.265 e. The van der Waals surface area contributed by atoms with E-state index in [9.17, 15) is 9.59 Å². The largest absolute Gasteiger partial charge is 0.496 e. The third-order valence-corrected chi connectivity index (χ3v) is 4.01. The fourth-order valence-corrected chi connectivity index (χ4v) is 2.62. The van der Waals surface area contributed by atoms with Gasteiger partial charge in [0.05, 0.1) is 10.7 Å². The van der Waals surface area contributed by atoms with Gasteiger partial charge in [-0.2, -0.15) is 0 Å². The Balaban J connectivity index is 2.39. The first kappa shape index (κ1) is 14.9. The molecule has 0 spiro atoms. The molecule has 1 N–H and O–H groups in total. The molecule has 2 rings (SSSR count). The first-order valence-corrected chi connectivity index (χ1v) is 7.11. The summed E-state index contributed by atoms with van der Waals surface area (Å²) >= 11 is 7.01. The minimum Gasteiger partial charge on any atom is -0.496 e. The van der Waals surface area contributed by atoms with Crippen LogP contribution in [0.3, 0.4) is 0 Å². The quantitative estimate of drug-likeness (QED) is 0.353. The number of amides is 2. The zero-order chi connectivity index (χ0) is 14.9. The van der Waals surface area contributed by atoms with Gasteiger partial charge in [0, 0.05) is 7.05 Å². The molecule has 20 heavy (non-hydrogen) atoms. The molecule has 104 valence electrons. The van der Waals surface area contributed by atoms with Gasteiger partial charge in [-0.05, 0) is 58.6 Å². The molecular weight excluding hydrogens is 391 g/mol. The average Bonchev–Trinajstić information content (AvgIpc) is 2.41. The lowest BCUT2D eigenvalue weighted by Gasteiger charge is -2.25. The number of hydrogen-bond donors (Lipinski definition) is 1. The molecule has 0 unspecified atom stereocenters. The Bertz CT molecular complexity index is 643. The fourth-order valence-electron chi connectivity index (χ4n) is 1.68. The van der Waals surface area contributed by atoms with E-state index in [4.69, 9.17) is 17.0 Å². The molecule has 1 fully saturated rings. The molecular formula is C13H11IN2O3S. The van der Waals surface area contributed by atoms with E-state index in [0.717, 1.165) is 14.9 Å². The molecule has 0 bridgehead atoms. The van der Waals surface area contributed by atoms with Gasteiger partial charge in [-0.25, -0.2) is 0 Å². The van der Waals surface area contributed by atoms with Gasteiger partial charge in [-0.15, -0.1) is 0 Å². The van der Waals surface area contributed by atoms with Crippen LogP contribution in [0.25, 0.3) is 6.08 Å². The normalized spacial score (nSPS) is 17.4. The van der Waals surface area contributed by atoms with Gasteiger partial charge >= 0.3 is 0 Å². The summed E-state index contributed by atoms with van der Waals surface area (Å²) < 4.78 is 6.06. The smallest absolute Gasteiger partial charge is 0.265 e. The van der Waals surface area contributed by atoms with Crippen molar-refractivity contribution in [3.63, 3.8) is 0 Å². The second kappa shape index (κ2) is 5.88. The fraction of sp³-hybridized carbons (Fsp3) is 0.154. The molecule has 0 aliphatic carbocycles. The van der Waals surface area contributed by atoms with Gasteiger partial charge in [-0.1, -0.05) is 6.07 Å². The van der Waals surface area contributed by atoms with Crippen LogP contribution in [0.15, 0.2) is 23.8 Å². The van der Waals surface area contributed by atoms with Crippen molar-refractivity contribution in [1.29, 1.82) is 0 Å². The van der Waals surface area contributed by atoms with Gasteiger partial charge in [0.25, 0.3) is 11.8 Å². The predicted molar refractivity (Wildman–Crippen MR) is 87.2 cm³/mol. The summed E-state index contributed by atoms with van der Waals surface area (Å²) in [7, 11) is 3.11. The molecule has 5 nitrogen and oxygen atoms in total. The Hall–Kier alpha value is -1.48. The molecule has 0 aromatic heterocycles. The number of ether oxygens (including phenoxy) is 1. The molecule has 1 aliphatic heterocycles. The second-order valence-electron chi connectivity index (χ2n) is 4.08. The summed E-state index contributed by atoms with van der Waals surface area (Å²) in [5, 5.41) is 2.58. The SMILES string of the molecule is COc1ccc(/C=C2/C(=O)NC(=S)N(C)C2=O)cc1I. The summed E-state index contributed by atoms with van der Waals surface area (Å²) in [5.74, 6) is -0.154. The summed E-state index contributed by atoms with van der Waals surface area (Å²) in [5.41, 5.74) is 0.803. The Morgan fingerprint density at radius 1 is 1.40 bits per heavy atom. The Labute approximate surface area is 135 Å². The maximum absolute atomic E-state index is 12.0. The lowest BCUT2D eigenvalue weighted by Crippen LogP contribution is -2.52. The molecule has 1 aliphatic rings. The lowest BCUT2D eigenvalue weighted by molar-refractivity contribution is -0.128. The lowest BCUT2D eigenvalue weighted by atomic mass is 10.1. The van der Waals surface area contributed by atoms with Crippen molar-refractivity contribution in [1.82, 2.24) is 10.2 Å². The van der Waals surface area contributed by atoms with Crippen LogP contribution in [0.2, 0.25) is 0 Å². The molecule has 0 atom stereocenters. The number of likely N-dealkylation sites (N-methyl/N-ethyl adjacent to an activating group) is 1. The van der Waals surface area contributed by atoms with Gasteiger partial charge < -0.3 is 4.74 Å². The van der Waals surface area contributed by atoms with Crippen LogP contribution in [0.5, 0.6) is 5.75 Å². The van der Waals surface area contributed by atoms with E-state index < -0.39 is 11.8 Å². The van der Waals surface area contributed by atoms with Crippen molar-refractivity contribution < 1.29 is 14.3 Å². The standard InChI is InChI=1S/C13H11IN2O3S/c1-16-12(18)8(11(17)15-13(16)20)5-7-3-4-10(19-2)9(14)6-7/h3-6H,1-2H3,(H,15,17,20)/b8-5-. The van der Waals surface area contributed by atoms with Crippen molar-refractivity contribution in [2.75, 3.05) is 14.2 Å². The highest BCUT2D eigenvalue weighted by atomic mass is 127. The van der Waals surface area contributed by atoms with Crippen LogP contribution in [0.4, 0.5) is 0 Å². The highest BCUT2D eigenvalue weighted by Crippen LogP contribution is 2.23. The van der Waals surface area contributed by atoms with E-state index in [1.54, 1.807) is 19.2 Å². The number of benzene rings is 1. The average molecular weight is 402 g/mol. The van der Waals surface area contributed by atoms with Crippen LogP contribution >= 0.6 is 34.8 Å². The van der Waals surface area contributed by atoms with Crippen LogP contribution in [-0.4, -0.2) is 36.0 Å². The van der Waals surface area contributed by atoms with E-state index >= 15 is 0 Å². The molecule has 1 saturated heterocycles. The Morgan fingerprint density at radius 2 is 2.10 bits per heavy atom. The molecule has 1 aromatic carbocycles. The van der Waals surface area contributed by atoms with Crippen molar-refractivity contribution in [3.05, 3.63) is 32.9 Å². The number of halogens is 1. The first-order chi connectivity index (χ1) is 9.43. The molecule has 0 radical (unpaired) electrons. The van der Waals surface area contributed by atoms with Crippen LogP contribution < -0.4 is 10.1 Å². The number of hydrogen-bond acceptors (Lipinski definition) is 4. The van der Waals surface area contributed by atoms with E-state index in [2.05, 4.69) is 27.9 Å². The second-order valence-corrected chi connectivity index (χ2v) is 5.62. The minimum atomic E-state index is -0.482. The van der Waals surface area contributed by atoms with Crippen molar-refractivity contribution in [2.24, 2.45) is 0 Å². The summed E-state index contributed by atoms with van der Waals surface area (Å²) in [6.45, 7) is 0. The number of methoxy groups -OCH3 is 1. The number of thiocarbonyl (C=S) groups is 1. The highest BCUT2D eigenvalue weighted by Gasteiger charge is 2.30. The molecule has 0 saturated carbocycles. The molecule has 1 heterocycles. The van der Waals surface area contributed by atoms with Crippen molar-refractivity contribution >= 4 is 57.8 Å². The van der Waals surface area contributed by atoms with Gasteiger partial charge in [-0.3, -0.25) is 19.8 Å². The first-order valence-electron chi connectivity index (χ1n) is 5.62. The summed E-state index contributed by atoms with van der Waals surface area (Å²) in [4.78, 5) is 25.1. The van der Waals surface area contributed by atoms with E-state index in [0.29, 0.717) is 0 Å². The summed E-state index contributed by atoms with van der Waals surface area (Å²) in [6.07, 6.45) is 1.54. The monoisotopic (exact) mass is 402 g/mol.